The number of carbonyl (C=O) groups is 2. The normalized spacial score (nSPS) is 11.7. The Morgan fingerprint density at radius 2 is 1.77 bits per heavy atom. The van der Waals surface area contributed by atoms with Gasteiger partial charge in [-0.2, -0.15) is 0 Å². The van der Waals surface area contributed by atoms with Crippen LogP contribution < -0.4 is 0 Å². The highest BCUT2D eigenvalue weighted by Crippen LogP contribution is 2.07. The molecule has 0 unspecified atom stereocenters. The maximum atomic E-state index is 11.9. The number of carbonyl (C=O) groups excluding carboxylic acids is 2. The fourth-order valence-electron chi connectivity index (χ4n) is 0.704. The predicted molar refractivity (Wildman–Crippen MR) is 43.5 cm³/mol. The molecule has 0 aromatic carbocycles. The number of hydrogen-bond acceptors (Lipinski definition) is 3. The zero-order chi connectivity index (χ0) is 10.6. The third kappa shape index (κ3) is 3.78. The van der Waals surface area contributed by atoms with Gasteiger partial charge < -0.3 is 4.90 Å². The van der Waals surface area contributed by atoms with Crippen molar-refractivity contribution in [3.05, 3.63) is 11.8 Å². The van der Waals surface area contributed by atoms with Gasteiger partial charge in [-0.25, -0.2) is 8.78 Å². The molecule has 0 rings (SSSR count). The van der Waals surface area contributed by atoms with Crippen LogP contribution >= 0.6 is 0 Å². The van der Waals surface area contributed by atoms with Crippen LogP contribution in [-0.2, 0) is 9.59 Å². The van der Waals surface area contributed by atoms with E-state index in [1.54, 1.807) is 14.1 Å². The molecule has 74 valence electrons. The van der Waals surface area contributed by atoms with E-state index in [1.165, 1.54) is 4.90 Å². The van der Waals surface area contributed by atoms with Gasteiger partial charge in [0.1, 0.15) is 0 Å². The van der Waals surface area contributed by atoms with Crippen LogP contribution in [0.4, 0.5) is 8.78 Å². The van der Waals surface area contributed by atoms with Crippen LogP contribution in [0.2, 0.25) is 0 Å². The van der Waals surface area contributed by atoms with E-state index >= 15 is 0 Å². The maximum Gasteiger partial charge on any atom is 0.300 e. The topological polar surface area (TPSA) is 37.4 Å². The van der Waals surface area contributed by atoms with Gasteiger partial charge in [-0.05, 0) is 6.92 Å². The molecule has 0 heterocycles. The van der Waals surface area contributed by atoms with E-state index in [1.807, 2.05) is 0 Å². The van der Waals surface area contributed by atoms with Gasteiger partial charge in [-0.15, -0.1) is 0 Å². The SMILES string of the molecule is CC(=O)/C(=C\N(C)C)C(=O)C(F)F. The highest BCUT2D eigenvalue weighted by Gasteiger charge is 2.23. The molecule has 0 N–H and O–H groups in total. The van der Waals surface area contributed by atoms with Gasteiger partial charge in [-0.3, -0.25) is 9.59 Å². The van der Waals surface area contributed by atoms with Gasteiger partial charge in [0, 0.05) is 20.3 Å². The molecule has 0 aromatic rings. The molecule has 5 heteroatoms. The second-order valence-corrected chi connectivity index (χ2v) is 2.73. The zero-order valence-corrected chi connectivity index (χ0v) is 7.67. The highest BCUT2D eigenvalue weighted by atomic mass is 19.3. The Morgan fingerprint density at radius 1 is 1.31 bits per heavy atom. The minimum absolute atomic E-state index is 0.472. The summed E-state index contributed by atoms with van der Waals surface area (Å²) in [5.74, 6) is -2.08. The van der Waals surface area contributed by atoms with Gasteiger partial charge in [0.25, 0.3) is 0 Å². The molecule has 0 saturated carbocycles. The van der Waals surface area contributed by atoms with Gasteiger partial charge in [0.2, 0.25) is 5.78 Å². The summed E-state index contributed by atoms with van der Waals surface area (Å²) in [6.45, 7) is 1.08. The fourth-order valence-corrected chi connectivity index (χ4v) is 0.704. The van der Waals surface area contributed by atoms with E-state index in [2.05, 4.69) is 0 Å². The summed E-state index contributed by atoms with van der Waals surface area (Å²) in [6.07, 6.45) is -2.04. The Balaban J connectivity index is 4.83. The van der Waals surface area contributed by atoms with E-state index < -0.39 is 23.6 Å². The second kappa shape index (κ2) is 4.69. The Morgan fingerprint density at radius 3 is 2.00 bits per heavy atom. The first-order valence-electron chi connectivity index (χ1n) is 3.57. The van der Waals surface area contributed by atoms with Crippen LogP contribution in [0.1, 0.15) is 6.92 Å². The number of hydrogen-bond donors (Lipinski definition) is 0. The standard InChI is InChI=1S/C8H11F2NO2/c1-5(12)6(4-11(2)3)7(13)8(9)10/h4,8H,1-3H3/b6-4+. The van der Waals surface area contributed by atoms with Crippen molar-refractivity contribution in [2.45, 2.75) is 13.3 Å². The van der Waals surface area contributed by atoms with E-state index in [-0.39, 0.29) is 0 Å². The molecule has 3 nitrogen and oxygen atoms in total. The first-order valence-corrected chi connectivity index (χ1v) is 3.57. The fraction of sp³-hybridized carbons (Fsp3) is 0.500. The zero-order valence-electron chi connectivity index (χ0n) is 7.67. The summed E-state index contributed by atoms with van der Waals surface area (Å²) in [5.41, 5.74) is -0.472. The molecule has 0 bridgehead atoms. The van der Waals surface area contributed by atoms with Crippen molar-refractivity contribution in [2.75, 3.05) is 14.1 Å². The lowest BCUT2D eigenvalue weighted by Crippen LogP contribution is -2.20. The van der Waals surface area contributed by atoms with Crippen molar-refractivity contribution in [1.82, 2.24) is 4.90 Å². The number of halogens is 2. The van der Waals surface area contributed by atoms with E-state index in [9.17, 15) is 18.4 Å². The maximum absolute atomic E-state index is 11.9. The smallest absolute Gasteiger partial charge is 0.300 e. The van der Waals surface area contributed by atoms with Crippen LogP contribution in [0.25, 0.3) is 0 Å². The largest absolute Gasteiger partial charge is 0.383 e. The monoisotopic (exact) mass is 191 g/mol. The second-order valence-electron chi connectivity index (χ2n) is 2.73. The Hall–Kier alpha value is -1.26. The Bertz CT molecular complexity index is 247. The van der Waals surface area contributed by atoms with Crippen molar-refractivity contribution in [3.8, 4) is 0 Å². The van der Waals surface area contributed by atoms with Gasteiger partial charge in [0.05, 0.1) is 5.57 Å². The first-order chi connectivity index (χ1) is 5.86. The van der Waals surface area contributed by atoms with Gasteiger partial charge >= 0.3 is 6.43 Å². The summed E-state index contributed by atoms with van der Waals surface area (Å²) in [4.78, 5) is 22.9. The average Bonchev–Trinajstić information content (AvgIpc) is 1.97. The molecular weight excluding hydrogens is 180 g/mol. The van der Waals surface area contributed by atoms with Crippen LogP contribution in [0, 0.1) is 0 Å². The van der Waals surface area contributed by atoms with Gasteiger partial charge in [0.15, 0.2) is 5.78 Å². The summed E-state index contributed by atoms with van der Waals surface area (Å²) in [5, 5.41) is 0. The molecular formula is C8H11F2NO2. The Kier molecular flexibility index (Phi) is 4.23. The summed E-state index contributed by atoms with van der Waals surface area (Å²) in [7, 11) is 3.09. The van der Waals surface area contributed by atoms with E-state index in [4.69, 9.17) is 0 Å². The minimum Gasteiger partial charge on any atom is -0.383 e. The lowest BCUT2D eigenvalue weighted by molar-refractivity contribution is -0.128. The van der Waals surface area contributed by atoms with Crippen molar-refractivity contribution in [1.29, 1.82) is 0 Å². The first kappa shape index (κ1) is 11.7. The van der Waals surface area contributed by atoms with E-state index in [0.717, 1.165) is 13.1 Å². The quantitative estimate of drug-likeness (QED) is 0.375. The number of alkyl halides is 2. The number of nitrogens with zero attached hydrogens (tertiary/aromatic N) is 1. The summed E-state index contributed by atoms with van der Waals surface area (Å²) < 4.78 is 23.9. The molecule has 0 amide bonds. The van der Waals surface area contributed by atoms with E-state index in [0.29, 0.717) is 0 Å². The van der Waals surface area contributed by atoms with Gasteiger partial charge in [-0.1, -0.05) is 0 Å². The average molecular weight is 191 g/mol. The molecule has 13 heavy (non-hydrogen) atoms. The third-order valence-electron chi connectivity index (χ3n) is 1.23. The molecule has 0 fully saturated rings. The molecule has 0 spiro atoms. The lowest BCUT2D eigenvalue weighted by atomic mass is 10.1. The highest BCUT2D eigenvalue weighted by molar-refractivity contribution is 6.20. The van der Waals surface area contributed by atoms with Crippen molar-refractivity contribution < 1.29 is 18.4 Å². The number of Topliss-reactive ketones (excluding diaryl/α,β-unsaturated/α-hetero) is 2. The number of allylic oxidation sites excluding steroid dienone is 1. The lowest BCUT2D eigenvalue weighted by Gasteiger charge is -2.07. The molecule has 0 aliphatic rings. The summed E-state index contributed by atoms with van der Waals surface area (Å²) in [6, 6.07) is 0. The number of ketones is 2. The van der Waals surface area contributed by atoms with Crippen LogP contribution in [0.3, 0.4) is 0 Å². The van der Waals surface area contributed by atoms with Crippen molar-refractivity contribution in [2.24, 2.45) is 0 Å². The molecule has 0 aliphatic carbocycles. The molecule has 0 radical (unpaired) electrons. The van der Waals surface area contributed by atoms with Crippen LogP contribution in [0.5, 0.6) is 0 Å². The summed E-state index contributed by atoms with van der Waals surface area (Å²) >= 11 is 0. The van der Waals surface area contributed by atoms with Crippen molar-refractivity contribution in [3.63, 3.8) is 0 Å². The third-order valence-corrected chi connectivity index (χ3v) is 1.23. The number of rotatable bonds is 4. The van der Waals surface area contributed by atoms with Crippen LogP contribution in [0.15, 0.2) is 11.8 Å². The molecule has 0 atom stereocenters. The predicted octanol–water partition coefficient (Wildman–Crippen LogP) is 0.855. The molecule has 0 aromatic heterocycles. The van der Waals surface area contributed by atoms with Crippen molar-refractivity contribution >= 4 is 11.6 Å². The molecule has 0 saturated heterocycles. The van der Waals surface area contributed by atoms with Crippen LogP contribution in [-0.4, -0.2) is 37.0 Å². The molecule has 0 aliphatic heterocycles. The minimum atomic E-state index is -3.13. The Labute approximate surface area is 75.0 Å².